The van der Waals surface area contributed by atoms with E-state index in [4.69, 9.17) is 4.74 Å². The lowest BCUT2D eigenvalue weighted by atomic mass is 10.0. The number of carbonyl (C=O) groups excluding carboxylic acids is 1. The van der Waals surface area contributed by atoms with Gasteiger partial charge in [-0.15, -0.1) is 0 Å². The predicted octanol–water partition coefficient (Wildman–Crippen LogP) is 3.10. The van der Waals surface area contributed by atoms with Gasteiger partial charge in [0.05, 0.1) is 19.5 Å². The van der Waals surface area contributed by atoms with E-state index in [1.807, 2.05) is 29.2 Å². The minimum Gasteiger partial charge on any atom is -0.497 e. The molecular weight excluding hydrogens is 304 g/mol. The van der Waals surface area contributed by atoms with Gasteiger partial charge in [0.25, 0.3) is 5.91 Å². The summed E-state index contributed by atoms with van der Waals surface area (Å²) in [7, 11) is 1.63. The molecule has 0 bridgehead atoms. The standard InChI is InChI=1S/C18H22N4O2/c1-13-4-3-9-22(12-13)18(23)16-10-20-17(11-19-16)21-14-5-7-15(24-2)8-6-14/h5-8,10-11,13H,3-4,9,12H2,1-2H3,(H,20,21). The zero-order chi connectivity index (χ0) is 16.9. The lowest BCUT2D eigenvalue weighted by molar-refractivity contribution is 0.0676. The van der Waals surface area contributed by atoms with Gasteiger partial charge in [-0.25, -0.2) is 9.97 Å². The van der Waals surface area contributed by atoms with Crippen LogP contribution in [-0.2, 0) is 0 Å². The molecule has 1 aliphatic rings. The van der Waals surface area contributed by atoms with E-state index in [2.05, 4.69) is 22.2 Å². The highest BCUT2D eigenvalue weighted by Gasteiger charge is 2.23. The Balaban J connectivity index is 1.65. The van der Waals surface area contributed by atoms with Crippen molar-refractivity contribution in [2.24, 2.45) is 5.92 Å². The van der Waals surface area contributed by atoms with Gasteiger partial charge in [-0.3, -0.25) is 4.79 Å². The van der Waals surface area contributed by atoms with Crippen LogP contribution in [0.5, 0.6) is 5.75 Å². The van der Waals surface area contributed by atoms with Gasteiger partial charge in [0.1, 0.15) is 17.3 Å². The van der Waals surface area contributed by atoms with Gasteiger partial charge in [-0.05, 0) is 43.0 Å². The summed E-state index contributed by atoms with van der Waals surface area (Å²) in [5.74, 6) is 1.91. The van der Waals surface area contributed by atoms with Crippen molar-refractivity contribution in [3.63, 3.8) is 0 Å². The van der Waals surface area contributed by atoms with Crippen LogP contribution in [-0.4, -0.2) is 41.0 Å². The summed E-state index contributed by atoms with van der Waals surface area (Å²) in [6.45, 7) is 3.77. The fourth-order valence-electron chi connectivity index (χ4n) is 2.86. The quantitative estimate of drug-likeness (QED) is 0.935. The number of carbonyl (C=O) groups is 1. The van der Waals surface area contributed by atoms with Crippen LogP contribution in [0.2, 0.25) is 0 Å². The maximum atomic E-state index is 12.5. The summed E-state index contributed by atoms with van der Waals surface area (Å²) >= 11 is 0. The molecule has 1 N–H and O–H groups in total. The first-order chi connectivity index (χ1) is 11.7. The molecule has 3 rings (SSSR count). The fourth-order valence-corrected chi connectivity index (χ4v) is 2.86. The van der Waals surface area contributed by atoms with Gasteiger partial charge in [0.15, 0.2) is 0 Å². The number of hydrogen-bond donors (Lipinski definition) is 1. The van der Waals surface area contributed by atoms with Crippen LogP contribution < -0.4 is 10.1 Å². The van der Waals surface area contributed by atoms with E-state index in [9.17, 15) is 4.79 Å². The third-order valence-corrected chi connectivity index (χ3v) is 4.18. The van der Waals surface area contributed by atoms with Gasteiger partial charge in [-0.2, -0.15) is 0 Å². The molecule has 24 heavy (non-hydrogen) atoms. The molecule has 1 fully saturated rings. The maximum absolute atomic E-state index is 12.5. The number of rotatable bonds is 4. The Bertz CT molecular complexity index is 685. The number of anilines is 2. The van der Waals surface area contributed by atoms with E-state index in [1.165, 1.54) is 12.6 Å². The zero-order valence-corrected chi connectivity index (χ0v) is 14.0. The summed E-state index contributed by atoms with van der Waals surface area (Å²) in [6.07, 6.45) is 5.36. The van der Waals surface area contributed by atoms with Gasteiger partial charge in [0, 0.05) is 18.8 Å². The second kappa shape index (κ2) is 7.29. The molecule has 6 heteroatoms. The summed E-state index contributed by atoms with van der Waals surface area (Å²) in [5, 5.41) is 3.15. The Labute approximate surface area is 141 Å². The monoisotopic (exact) mass is 326 g/mol. The number of nitrogens with one attached hydrogen (secondary N) is 1. The van der Waals surface area contributed by atoms with Crippen molar-refractivity contribution in [3.05, 3.63) is 42.4 Å². The fraction of sp³-hybridized carbons (Fsp3) is 0.389. The second-order valence-electron chi connectivity index (χ2n) is 6.14. The van der Waals surface area contributed by atoms with Crippen LogP contribution in [0.4, 0.5) is 11.5 Å². The van der Waals surface area contributed by atoms with Crippen molar-refractivity contribution in [1.29, 1.82) is 0 Å². The number of nitrogens with zero attached hydrogens (tertiary/aromatic N) is 3. The summed E-state index contributed by atoms with van der Waals surface area (Å²) in [6, 6.07) is 7.53. The number of hydrogen-bond acceptors (Lipinski definition) is 5. The number of piperidine rings is 1. The van der Waals surface area contributed by atoms with Crippen LogP contribution in [0.3, 0.4) is 0 Å². The molecule has 1 aromatic heterocycles. The Morgan fingerprint density at radius 1 is 1.25 bits per heavy atom. The molecule has 126 valence electrons. The molecule has 0 saturated carbocycles. The molecule has 1 unspecified atom stereocenters. The van der Waals surface area contributed by atoms with E-state index in [-0.39, 0.29) is 5.91 Å². The van der Waals surface area contributed by atoms with Crippen LogP contribution in [0.1, 0.15) is 30.3 Å². The average Bonchev–Trinajstić information content (AvgIpc) is 2.62. The van der Waals surface area contributed by atoms with Gasteiger partial charge in [0.2, 0.25) is 0 Å². The number of benzene rings is 1. The molecule has 1 aromatic carbocycles. The van der Waals surface area contributed by atoms with Gasteiger partial charge >= 0.3 is 0 Å². The van der Waals surface area contributed by atoms with Crippen LogP contribution in [0, 0.1) is 5.92 Å². The second-order valence-corrected chi connectivity index (χ2v) is 6.14. The lowest BCUT2D eigenvalue weighted by Gasteiger charge is -2.30. The minimum absolute atomic E-state index is 0.0370. The third-order valence-electron chi connectivity index (χ3n) is 4.18. The molecule has 0 radical (unpaired) electrons. The molecule has 1 aliphatic heterocycles. The normalized spacial score (nSPS) is 17.4. The van der Waals surface area contributed by atoms with Gasteiger partial charge in [-0.1, -0.05) is 6.92 Å². The van der Waals surface area contributed by atoms with Crippen LogP contribution in [0.15, 0.2) is 36.7 Å². The summed E-state index contributed by atoms with van der Waals surface area (Å²) in [4.78, 5) is 22.9. The molecule has 2 aromatic rings. The van der Waals surface area contributed by atoms with E-state index in [1.54, 1.807) is 13.3 Å². The largest absolute Gasteiger partial charge is 0.497 e. The predicted molar refractivity (Wildman–Crippen MR) is 92.6 cm³/mol. The molecular formula is C18H22N4O2. The van der Waals surface area contributed by atoms with Gasteiger partial charge < -0.3 is 15.0 Å². The summed E-state index contributed by atoms with van der Waals surface area (Å²) in [5.41, 5.74) is 1.28. The lowest BCUT2D eigenvalue weighted by Crippen LogP contribution is -2.39. The highest BCUT2D eigenvalue weighted by Crippen LogP contribution is 2.19. The Morgan fingerprint density at radius 2 is 2.04 bits per heavy atom. The number of ether oxygens (including phenoxy) is 1. The van der Waals surface area contributed by atoms with E-state index in [0.717, 1.165) is 30.9 Å². The molecule has 0 aliphatic carbocycles. The van der Waals surface area contributed by atoms with Crippen LogP contribution >= 0.6 is 0 Å². The number of likely N-dealkylation sites (tertiary alicyclic amines) is 1. The van der Waals surface area contributed by atoms with Crippen molar-refractivity contribution < 1.29 is 9.53 Å². The number of amides is 1. The molecule has 6 nitrogen and oxygen atoms in total. The van der Waals surface area contributed by atoms with Crippen LogP contribution in [0.25, 0.3) is 0 Å². The average molecular weight is 326 g/mol. The van der Waals surface area contributed by atoms with Crippen molar-refractivity contribution in [3.8, 4) is 5.75 Å². The molecule has 1 saturated heterocycles. The number of aromatic nitrogens is 2. The van der Waals surface area contributed by atoms with E-state index in [0.29, 0.717) is 17.4 Å². The topological polar surface area (TPSA) is 67.3 Å². The Morgan fingerprint density at radius 3 is 2.67 bits per heavy atom. The Kier molecular flexibility index (Phi) is 4.93. The number of methoxy groups -OCH3 is 1. The first-order valence-corrected chi connectivity index (χ1v) is 8.18. The zero-order valence-electron chi connectivity index (χ0n) is 14.0. The van der Waals surface area contributed by atoms with E-state index < -0.39 is 0 Å². The smallest absolute Gasteiger partial charge is 0.274 e. The van der Waals surface area contributed by atoms with Crippen molar-refractivity contribution in [2.75, 3.05) is 25.5 Å². The maximum Gasteiger partial charge on any atom is 0.274 e. The molecule has 1 amide bonds. The molecule has 0 spiro atoms. The highest BCUT2D eigenvalue weighted by atomic mass is 16.5. The first kappa shape index (κ1) is 16.2. The van der Waals surface area contributed by atoms with Crippen molar-refractivity contribution >= 4 is 17.4 Å². The Hall–Kier alpha value is -2.63. The van der Waals surface area contributed by atoms with Crippen molar-refractivity contribution in [1.82, 2.24) is 14.9 Å². The van der Waals surface area contributed by atoms with Crippen molar-refractivity contribution in [2.45, 2.75) is 19.8 Å². The van der Waals surface area contributed by atoms with E-state index >= 15 is 0 Å². The first-order valence-electron chi connectivity index (χ1n) is 8.18. The SMILES string of the molecule is COc1ccc(Nc2cnc(C(=O)N3CCCC(C)C3)cn2)cc1. The molecule has 1 atom stereocenters. The molecule has 2 heterocycles. The highest BCUT2D eigenvalue weighted by molar-refractivity contribution is 5.92. The summed E-state index contributed by atoms with van der Waals surface area (Å²) < 4.78 is 5.13. The third kappa shape index (κ3) is 3.82. The minimum atomic E-state index is -0.0370.